The van der Waals surface area contributed by atoms with Gasteiger partial charge in [0.2, 0.25) is 5.91 Å². The summed E-state index contributed by atoms with van der Waals surface area (Å²) < 4.78 is 0. The van der Waals surface area contributed by atoms with Crippen LogP contribution >= 0.6 is 11.6 Å². The molecule has 1 amide bonds. The Labute approximate surface area is 123 Å². The van der Waals surface area contributed by atoms with E-state index in [1.54, 1.807) is 12.1 Å². The minimum atomic E-state index is -0.560. The molecule has 104 valence electrons. The highest BCUT2D eigenvalue weighted by atomic mass is 35.5. The lowest BCUT2D eigenvalue weighted by Crippen LogP contribution is -2.27. The Kier molecular flexibility index (Phi) is 4.30. The van der Waals surface area contributed by atoms with Crippen molar-refractivity contribution >= 4 is 23.2 Å². The van der Waals surface area contributed by atoms with Gasteiger partial charge in [-0.25, -0.2) is 0 Å². The van der Waals surface area contributed by atoms with E-state index in [2.05, 4.69) is 11.4 Å². The molecule has 3 N–H and O–H groups in total. The Morgan fingerprint density at radius 3 is 2.15 bits per heavy atom. The Morgan fingerprint density at radius 2 is 1.65 bits per heavy atom. The highest BCUT2D eigenvalue weighted by molar-refractivity contribution is 6.30. The van der Waals surface area contributed by atoms with Gasteiger partial charge in [-0.15, -0.1) is 0 Å². The first-order chi connectivity index (χ1) is 9.45. The number of hydrogen-bond acceptors (Lipinski definition) is 2. The molecule has 2 aromatic rings. The van der Waals surface area contributed by atoms with Crippen molar-refractivity contribution in [2.45, 2.75) is 19.9 Å². The molecule has 3 nitrogen and oxygen atoms in total. The molecule has 1 unspecified atom stereocenters. The fraction of sp³-hybridized carbons (Fsp3) is 0.188. The van der Waals surface area contributed by atoms with Crippen molar-refractivity contribution in [3.8, 4) is 0 Å². The Morgan fingerprint density at radius 1 is 1.10 bits per heavy atom. The number of amides is 1. The molecule has 0 spiro atoms. The molecule has 0 aliphatic rings. The van der Waals surface area contributed by atoms with E-state index >= 15 is 0 Å². The molecule has 20 heavy (non-hydrogen) atoms. The van der Waals surface area contributed by atoms with Gasteiger partial charge >= 0.3 is 0 Å². The predicted molar refractivity (Wildman–Crippen MR) is 82.9 cm³/mol. The summed E-state index contributed by atoms with van der Waals surface area (Å²) in [7, 11) is 0. The number of halogens is 1. The van der Waals surface area contributed by atoms with E-state index in [-0.39, 0.29) is 0 Å². The van der Waals surface area contributed by atoms with Crippen molar-refractivity contribution in [3.63, 3.8) is 0 Å². The van der Waals surface area contributed by atoms with E-state index in [9.17, 15) is 4.79 Å². The van der Waals surface area contributed by atoms with Crippen LogP contribution in [0.2, 0.25) is 5.02 Å². The summed E-state index contributed by atoms with van der Waals surface area (Å²) in [6, 6.07) is 12.6. The number of nitrogens with two attached hydrogens (primary N) is 1. The summed E-state index contributed by atoms with van der Waals surface area (Å²) in [5.41, 5.74) is 9.39. The zero-order chi connectivity index (χ0) is 14.7. The topological polar surface area (TPSA) is 55.1 Å². The van der Waals surface area contributed by atoms with Gasteiger partial charge < -0.3 is 11.1 Å². The third kappa shape index (κ3) is 3.52. The smallest absolute Gasteiger partial charge is 0.244 e. The van der Waals surface area contributed by atoms with Crippen molar-refractivity contribution in [1.82, 2.24) is 0 Å². The van der Waals surface area contributed by atoms with Gasteiger partial charge in [-0.05, 0) is 43.7 Å². The summed E-state index contributed by atoms with van der Waals surface area (Å²) in [4.78, 5) is 11.7. The summed E-state index contributed by atoms with van der Waals surface area (Å²) in [5, 5.41) is 3.79. The monoisotopic (exact) mass is 288 g/mol. The fourth-order valence-electron chi connectivity index (χ4n) is 2.21. The van der Waals surface area contributed by atoms with Crippen molar-refractivity contribution in [2.24, 2.45) is 5.73 Å². The predicted octanol–water partition coefficient (Wildman–Crippen LogP) is 3.60. The molecule has 0 aromatic heterocycles. The highest BCUT2D eigenvalue weighted by Crippen LogP contribution is 2.23. The molecule has 0 saturated heterocycles. The molecule has 0 saturated carbocycles. The number of aryl methyl sites for hydroxylation is 2. The molecule has 0 aliphatic carbocycles. The van der Waals surface area contributed by atoms with Crippen LogP contribution in [0.1, 0.15) is 22.7 Å². The van der Waals surface area contributed by atoms with E-state index in [1.807, 2.05) is 38.1 Å². The number of primary amides is 1. The van der Waals surface area contributed by atoms with Crippen molar-refractivity contribution in [1.29, 1.82) is 0 Å². The van der Waals surface area contributed by atoms with Crippen LogP contribution in [0.25, 0.3) is 0 Å². The summed E-state index contributed by atoms with van der Waals surface area (Å²) in [6.07, 6.45) is 0. The Balaban J connectivity index is 2.31. The number of benzene rings is 2. The molecule has 0 bridgehead atoms. The zero-order valence-corrected chi connectivity index (χ0v) is 12.2. The average molecular weight is 289 g/mol. The molecule has 0 fully saturated rings. The van der Waals surface area contributed by atoms with Gasteiger partial charge in [0.25, 0.3) is 0 Å². The van der Waals surface area contributed by atoms with E-state index in [0.717, 1.165) is 22.4 Å². The quantitative estimate of drug-likeness (QED) is 0.903. The molecular formula is C16H17ClN2O. The van der Waals surface area contributed by atoms with Gasteiger partial charge in [-0.3, -0.25) is 4.79 Å². The number of nitrogens with one attached hydrogen (secondary N) is 1. The van der Waals surface area contributed by atoms with E-state index in [0.29, 0.717) is 5.02 Å². The molecule has 0 heterocycles. The standard InChI is InChI=1S/C16H17ClN2O/c1-10-7-11(2)9-12(8-10)15(16(18)20)19-14-5-3-13(17)4-6-14/h3-9,15,19H,1-2H3,(H2,18,20). The number of carbonyl (C=O) groups is 1. The number of carbonyl (C=O) groups excluding carboxylic acids is 1. The maximum atomic E-state index is 11.7. The van der Waals surface area contributed by atoms with Gasteiger partial charge in [-0.2, -0.15) is 0 Å². The van der Waals surface area contributed by atoms with Crippen LogP contribution in [-0.4, -0.2) is 5.91 Å². The first-order valence-electron chi connectivity index (χ1n) is 6.35. The normalized spacial score (nSPS) is 11.9. The second-order valence-corrected chi connectivity index (χ2v) is 5.34. The second-order valence-electron chi connectivity index (χ2n) is 4.91. The van der Waals surface area contributed by atoms with Gasteiger partial charge in [0.05, 0.1) is 0 Å². The van der Waals surface area contributed by atoms with Crippen LogP contribution in [-0.2, 0) is 4.79 Å². The second kappa shape index (κ2) is 5.97. The van der Waals surface area contributed by atoms with Crippen LogP contribution in [0.4, 0.5) is 5.69 Å². The SMILES string of the molecule is Cc1cc(C)cc(C(Nc2ccc(Cl)cc2)C(N)=O)c1. The van der Waals surface area contributed by atoms with Crippen LogP contribution < -0.4 is 11.1 Å². The van der Waals surface area contributed by atoms with Crippen molar-refractivity contribution < 1.29 is 4.79 Å². The van der Waals surface area contributed by atoms with Crippen molar-refractivity contribution in [3.05, 3.63) is 64.2 Å². The molecule has 0 aliphatic heterocycles. The Bertz CT molecular complexity index is 603. The number of rotatable bonds is 4. The highest BCUT2D eigenvalue weighted by Gasteiger charge is 2.18. The first kappa shape index (κ1) is 14.4. The largest absolute Gasteiger partial charge is 0.370 e. The number of anilines is 1. The van der Waals surface area contributed by atoms with E-state index in [1.165, 1.54) is 0 Å². The molecule has 2 rings (SSSR count). The van der Waals surface area contributed by atoms with Gasteiger partial charge in [-0.1, -0.05) is 40.9 Å². The summed E-state index contributed by atoms with van der Waals surface area (Å²) in [5.74, 6) is -0.412. The molecule has 1 atom stereocenters. The fourth-order valence-corrected chi connectivity index (χ4v) is 2.33. The van der Waals surface area contributed by atoms with Crippen LogP contribution in [0.15, 0.2) is 42.5 Å². The average Bonchev–Trinajstić information content (AvgIpc) is 2.36. The summed E-state index contributed by atoms with van der Waals surface area (Å²) >= 11 is 5.85. The third-order valence-corrected chi connectivity index (χ3v) is 3.27. The van der Waals surface area contributed by atoms with Gasteiger partial charge in [0.15, 0.2) is 0 Å². The first-order valence-corrected chi connectivity index (χ1v) is 6.73. The van der Waals surface area contributed by atoms with Crippen LogP contribution in [0.3, 0.4) is 0 Å². The minimum absolute atomic E-state index is 0.412. The molecule has 2 aromatic carbocycles. The molecule has 0 radical (unpaired) electrons. The minimum Gasteiger partial charge on any atom is -0.370 e. The number of hydrogen-bond donors (Lipinski definition) is 2. The zero-order valence-electron chi connectivity index (χ0n) is 11.5. The van der Waals surface area contributed by atoms with Crippen molar-refractivity contribution in [2.75, 3.05) is 5.32 Å². The maximum absolute atomic E-state index is 11.7. The van der Waals surface area contributed by atoms with E-state index in [4.69, 9.17) is 17.3 Å². The maximum Gasteiger partial charge on any atom is 0.244 e. The molecule has 4 heteroatoms. The lowest BCUT2D eigenvalue weighted by atomic mass is 10.0. The lowest BCUT2D eigenvalue weighted by molar-refractivity contribution is -0.118. The lowest BCUT2D eigenvalue weighted by Gasteiger charge is -2.18. The van der Waals surface area contributed by atoms with Crippen LogP contribution in [0, 0.1) is 13.8 Å². The molecular weight excluding hydrogens is 272 g/mol. The summed E-state index contributed by atoms with van der Waals surface area (Å²) in [6.45, 7) is 3.99. The van der Waals surface area contributed by atoms with Gasteiger partial charge in [0.1, 0.15) is 6.04 Å². The van der Waals surface area contributed by atoms with Gasteiger partial charge in [0, 0.05) is 10.7 Å². The van der Waals surface area contributed by atoms with Crippen LogP contribution in [0.5, 0.6) is 0 Å². The third-order valence-electron chi connectivity index (χ3n) is 3.02. The Hall–Kier alpha value is -2.00. The van der Waals surface area contributed by atoms with E-state index < -0.39 is 11.9 Å².